The minimum absolute atomic E-state index is 0.419. The molecule has 0 spiro atoms. The van der Waals surface area contributed by atoms with Crippen molar-refractivity contribution >= 4 is 11.3 Å². The largest absolute Gasteiger partial charge is 0.329 e. The molecule has 1 aromatic heterocycles. The first-order valence-corrected chi connectivity index (χ1v) is 7.24. The van der Waals surface area contributed by atoms with Crippen LogP contribution in [0.3, 0.4) is 0 Å². The van der Waals surface area contributed by atoms with Gasteiger partial charge in [-0.1, -0.05) is 6.07 Å². The molecule has 1 fully saturated rings. The highest BCUT2D eigenvalue weighted by atomic mass is 32.1. The molecule has 1 saturated heterocycles. The Morgan fingerprint density at radius 2 is 2.41 bits per heavy atom. The fraction of sp³-hybridized carbons (Fsp3) is 0.692. The molecular formula is C13H23N3S. The van der Waals surface area contributed by atoms with Crippen LogP contribution < -0.4 is 5.73 Å². The molecule has 3 nitrogen and oxygen atoms in total. The molecule has 1 aromatic rings. The van der Waals surface area contributed by atoms with Crippen molar-refractivity contribution in [3.63, 3.8) is 0 Å². The van der Waals surface area contributed by atoms with Crippen LogP contribution in [0.1, 0.15) is 23.8 Å². The van der Waals surface area contributed by atoms with Crippen molar-refractivity contribution in [2.45, 2.75) is 24.9 Å². The standard InChI is InChI=1S/C13H23N3S/c1-15(2)10-11-5-3-7-16(11)12(9-14)13-6-4-8-17-13/h4,6,8,11-12H,3,5,7,9-10,14H2,1-2H3. The third kappa shape index (κ3) is 3.07. The van der Waals surface area contributed by atoms with Gasteiger partial charge >= 0.3 is 0 Å². The summed E-state index contributed by atoms with van der Waals surface area (Å²) in [7, 11) is 4.30. The van der Waals surface area contributed by atoms with Gasteiger partial charge in [-0.3, -0.25) is 4.90 Å². The first-order valence-electron chi connectivity index (χ1n) is 6.36. The fourth-order valence-electron chi connectivity index (χ4n) is 2.78. The zero-order valence-corrected chi connectivity index (χ0v) is 11.6. The Morgan fingerprint density at radius 3 is 3.00 bits per heavy atom. The molecule has 0 amide bonds. The van der Waals surface area contributed by atoms with E-state index in [9.17, 15) is 0 Å². The normalized spacial score (nSPS) is 23.4. The third-order valence-electron chi connectivity index (χ3n) is 3.49. The van der Waals surface area contributed by atoms with E-state index >= 15 is 0 Å². The van der Waals surface area contributed by atoms with Crippen LogP contribution in [0.4, 0.5) is 0 Å². The van der Waals surface area contributed by atoms with Gasteiger partial charge in [0.25, 0.3) is 0 Å². The van der Waals surface area contributed by atoms with E-state index in [1.54, 1.807) is 0 Å². The third-order valence-corrected chi connectivity index (χ3v) is 4.47. The van der Waals surface area contributed by atoms with Crippen molar-refractivity contribution in [3.05, 3.63) is 22.4 Å². The predicted octanol–water partition coefficient (Wildman–Crippen LogP) is 1.77. The molecule has 96 valence electrons. The topological polar surface area (TPSA) is 32.5 Å². The highest BCUT2D eigenvalue weighted by molar-refractivity contribution is 7.10. The molecular weight excluding hydrogens is 230 g/mol. The van der Waals surface area contributed by atoms with Gasteiger partial charge in [-0.15, -0.1) is 11.3 Å². The molecule has 2 N–H and O–H groups in total. The summed E-state index contributed by atoms with van der Waals surface area (Å²) in [6.07, 6.45) is 2.61. The SMILES string of the molecule is CN(C)CC1CCCN1C(CN)c1cccs1. The summed E-state index contributed by atoms with van der Waals surface area (Å²) in [6.45, 7) is 3.06. The van der Waals surface area contributed by atoms with E-state index in [1.165, 1.54) is 24.3 Å². The Labute approximate surface area is 108 Å². The number of thiophene rings is 1. The van der Waals surface area contributed by atoms with Crippen molar-refractivity contribution in [1.82, 2.24) is 9.80 Å². The van der Waals surface area contributed by atoms with Crippen LogP contribution >= 0.6 is 11.3 Å². The molecule has 0 aliphatic carbocycles. The number of rotatable bonds is 5. The quantitative estimate of drug-likeness (QED) is 0.868. The van der Waals surface area contributed by atoms with E-state index in [1.807, 2.05) is 11.3 Å². The molecule has 1 aliphatic rings. The van der Waals surface area contributed by atoms with Gasteiger partial charge in [0.05, 0.1) is 6.04 Å². The maximum atomic E-state index is 5.99. The van der Waals surface area contributed by atoms with Crippen molar-refractivity contribution < 1.29 is 0 Å². The van der Waals surface area contributed by atoms with Gasteiger partial charge in [-0.05, 0) is 44.9 Å². The fourth-order valence-corrected chi connectivity index (χ4v) is 3.64. The molecule has 2 unspecified atom stereocenters. The zero-order chi connectivity index (χ0) is 12.3. The summed E-state index contributed by atoms with van der Waals surface area (Å²) in [5, 5.41) is 2.15. The minimum Gasteiger partial charge on any atom is -0.329 e. The number of likely N-dealkylation sites (tertiary alicyclic amines) is 1. The highest BCUT2D eigenvalue weighted by Gasteiger charge is 2.31. The zero-order valence-electron chi connectivity index (χ0n) is 10.8. The lowest BCUT2D eigenvalue weighted by molar-refractivity contribution is 0.158. The average Bonchev–Trinajstić information content (AvgIpc) is 2.91. The second-order valence-corrected chi connectivity index (χ2v) is 6.04. The molecule has 2 atom stereocenters. The molecule has 4 heteroatoms. The van der Waals surface area contributed by atoms with Crippen LogP contribution in [0, 0.1) is 0 Å². The predicted molar refractivity (Wildman–Crippen MR) is 74.4 cm³/mol. The van der Waals surface area contributed by atoms with E-state index in [2.05, 4.69) is 41.4 Å². The molecule has 2 heterocycles. The molecule has 0 bridgehead atoms. The molecule has 1 aliphatic heterocycles. The summed E-state index contributed by atoms with van der Waals surface area (Å²) in [4.78, 5) is 6.30. The van der Waals surface area contributed by atoms with Gasteiger partial charge < -0.3 is 10.6 Å². The Morgan fingerprint density at radius 1 is 1.59 bits per heavy atom. The smallest absolute Gasteiger partial charge is 0.0567 e. The molecule has 2 rings (SSSR count). The van der Waals surface area contributed by atoms with Gasteiger partial charge in [-0.2, -0.15) is 0 Å². The first-order chi connectivity index (χ1) is 8.22. The summed E-state index contributed by atoms with van der Waals surface area (Å²) >= 11 is 1.83. The molecule has 0 saturated carbocycles. The summed E-state index contributed by atoms with van der Waals surface area (Å²) in [5.74, 6) is 0. The Bertz CT molecular complexity index is 323. The highest BCUT2D eigenvalue weighted by Crippen LogP contribution is 2.31. The summed E-state index contributed by atoms with van der Waals surface area (Å²) in [5.41, 5.74) is 5.99. The van der Waals surface area contributed by atoms with Gasteiger partial charge in [-0.25, -0.2) is 0 Å². The van der Waals surface area contributed by atoms with Crippen molar-refractivity contribution in [2.24, 2.45) is 5.73 Å². The van der Waals surface area contributed by atoms with Crippen LogP contribution in [0.15, 0.2) is 17.5 Å². The van der Waals surface area contributed by atoms with E-state index in [-0.39, 0.29) is 0 Å². The lowest BCUT2D eigenvalue weighted by atomic mass is 10.1. The number of nitrogens with zero attached hydrogens (tertiary/aromatic N) is 2. The monoisotopic (exact) mass is 253 g/mol. The Balaban J connectivity index is 2.08. The summed E-state index contributed by atoms with van der Waals surface area (Å²) in [6, 6.07) is 5.43. The minimum atomic E-state index is 0.419. The molecule has 0 aromatic carbocycles. The van der Waals surface area contributed by atoms with Gasteiger partial charge in [0.1, 0.15) is 0 Å². The van der Waals surface area contributed by atoms with E-state index in [0.717, 1.165) is 13.1 Å². The van der Waals surface area contributed by atoms with Gasteiger partial charge in [0, 0.05) is 24.0 Å². The first kappa shape index (κ1) is 13.0. The number of hydrogen-bond donors (Lipinski definition) is 1. The number of nitrogens with two attached hydrogens (primary N) is 1. The Kier molecular flexibility index (Phi) is 4.56. The lowest BCUT2D eigenvalue weighted by Crippen LogP contribution is -2.42. The van der Waals surface area contributed by atoms with E-state index in [4.69, 9.17) is 5.73 Å². The summed E-state index contributed by atoms with van der Waals surface area (Å²) < 4.78 is 0. The van der Waals surface area contributed by atoms with Crippen LogP contribution in [-0.4, -0.2) is 49.6 Å². The van der Waals surface area contributed by atoms with Crippen LogP contribution in [0.25, 0.3) is 0 Å². The average molecular weight is 253 g/mol. The van der Waals surface area contributed by atoms with E-state index in [0.29, 0.717) is 12.1 Å². The van der Waals surface area contributed by atoms with Crippen LogP contribution in [-0.2, 0) is 0 Å². The van der Waals surface area contributed by atoms with Crippen molar-refractivity contribution in [2.75, 3.05) is 33.7 Å². The van der Waals surface area contributed by atoms with Crippen LogP contribution in [0.5, 0.6) is 0 Å². The lowest BCUT2D eigenvalue weighted by Gasteiger charge is -2.33. The second-order valence-electron chi connectivity index (χ2n) is 5.06. The van der Waals surface area contributed by atoms with Crippen molar-refractivity contribution in [1.29, 1.82) is 0 Å². The van der Waals surface area contributed by atoms with Gasteiger partial charge in [0.2, 0.25) is 0 Å². The maximum Gasteiger partial charge on any atom is 0.0567 e. The number of likely N-dealkylation sites (N-methyl/N-ethyl adjacent to an activating group) is 1. The maximum absolute atomic E-state index is 5.99. The number of hydrogen-bond acceptors (Lipinski definition) is 4. The second kappa shape index (κ2) is 5.96. The van der Waals surface area contributed by atoms with E-state index < -0.39 is 0 Å². The molecule has 17 heavy (non-hydrogen) atoms. The van der Waals surface area contributed by atoms with Crippen LogP contribution in [0.2, 0.25) is 0 Å². The van der Waals surface area contributed by atoms with Gasteiger partial charge in [0.15, 0.2) is 0 Å². The molecule has 0 radical (unpaired) electrons. The van der Waals surface area contributed by atoms with Crippen molar-refractivity contribution in [3.8, 4) is 0 Å². The Hall–Kier alpha value is -0.420.